The Morgan fingerprint density at radius 2 is 0.340 bits per heavy atom. The highest BCUT2D eigenvalue weighted by atomic mass is 35.5. The molecule has 0 spiro atoms. The summed E-state index contributed by atoms with van der Waals surface area (Å²) in [5, 5.41) is 1.38. The smallest absolute Gasteiger partial charge is 0.162 e. The molecule has 7 aromatic rings. The average Bonchev–Trinajstić information content (AvgIpc) is 0.828. The van der Waals surface area contributed by atoms with Crippen molar-refractivity contribution in [2.45, 2.75) is 479 Å². The standard InChI is InChI=1S/4C20H28ClF.2C20H28F2.C16H22F2.13H2/c2*1-13-3-6-15(7-4-13)16-8-10-17(11-9-16)18-12-5-14(2)20(22)19(18)21;4*1-13-3-6-15(7-4-13)16-8-10-17(11-9-16)18-12-5-14(2)19(21)20(18)22;1-11-3-6-13(7-4-11)8-10-14-9-5-12(2)15(17)16(14)18;;;;;;;;;;;;;/h6*5,12-13,15-17H,3-4,6-11H2,1-2H3;5,9,11,13H,3-4,6-8,10H2,1-2H3;13*1H. The number of halogens is 14. The van der Waals surface area contributed by atoms with Gasteiger partial charge in [0.15, 0.2) is 34.9 Å². The van der Waals surface area contributed by atoms with Gasteiger partial charge < -0.3 is 0 Å². The van der Waals surface area contributed by atoms with E-state index >= 15 is 0 Å². The van der Waals surface area contributed by atoms with E-state index in [1.54, 1.807) is 71.0 Å². The van der Waals surface area contributed by atoms with E-state index in [9.17, 15) is 43.9 Å². The largest absolute Gasteiger partial charge is 0.205 e. The van der Waals surface area contributed by atoms with Crippen LogP contribution in [0.4, 0.5) is 43.9 Å². The van der Waals surface area contributed by atoms with Crippen LogP contribution in [-0.4, -0.2) is 0 Å². The fourth-order valence-corrected chi connectivity index (χ4v) is 31.7. The molecule has 0 atom stereocenters. The molecule has 13 fully saturated rings. The van der Waals surface area contributed by atoms with Gasteiger partial charge in [0.25, 0.3) is 0 Å². The second-order valence-electron chi connectivity index (χ2n) is 52.2. The van der Waals surface area contributed by atoms with Crippen LogP contribution in [0.3, 0.4) is 0 Å². The monoisotopic (exact) mass is 2180 g/mol. The van der Waals surface area contributed by atoms with Crippen LogP contribution < -0.4 is 0 Å². The zero-order valence-electron chi connectivity index (χ0n) is 94.6. The van der Waals surface area contributed by atoms with Crippen LogP contribution in [0.15, 0.2) is 84.9 Å². The molecule has 0 N–H and O–H groups in total. The van der Waals surface area contributed by atoms with Crippen molar-refractivity contribution in [3.8, 4) is 0 Å². The Morgan fingerprint density at radius 3 is 0.567 bits per heavy atom. The summed E-state index contributed by atoms with van der Waals surface area (Å²) in [4.78, 5) is 0. The zero-order chi connectivity index (χ0) is 107. The lowest BCUT2D eigenvalue weighted by Gasteiger charge is -2.37. The number of aryl methyl sites for hydroxylation is 8. The van der Waals surface area contributed by atoms with Crippen LogP contribution in [0.1, 0.15) is 521 Å². The fraction of sp³-hybridized carbons (Fsp3) is 0.691. The molecule has 0 aliphatic heterocycles. The summed E-state index contributed by atoms with van der Waals surface area (Å²) < 4.78 is 140. The molecule has 0 heterocycles. The predicted molar refractivity (Wildman–Crippen MR) is 640 cm³/mol. The third-order valence-electron chi connectivity index (χ3n) is 41.8. The molecule has 14 heteroatoms. The first-order valence-electron chi connectivity index (χ1n) is 61.0. The van der Waals surface area contributed by atoms with Gasteiger partial charge in [-0.1, -0.05) is 283 Å². The first-order chi connectivity index (χ1) is 71.9. The molecular formula is C136H216Cl4F10. The van der Waals surface area contributed by atoms with Gasteiger partial charge in [0.1, 0.15) is 23.3 Å². The van der Waals surface area contributed by atoms with Crippen molar-refractivity contribution >= 4 is 46.4 Å². The lowest BCUT2D eigenvalue weighted by molar-refractivity contribution is 0.164. The second-order valence-corrected chi connectivity index (χ2v) is 53.7. The lowest BCUT2D eigenvalue weighted by Crippen LogP contribution is -2.25. The van der Waals surface area contributed by atoms with Gasteiger partial charge in [-0.3, -0.25) is 0 Å². The molecule has 0 nitrogen and oxygen atoms in total. The van der Waals surface area contributed by atoms with Crippen molar-refractivity contribution in [2.24, 2.45) is 118 Å². The first kappa shape index (κ1) is 120. The third-order valence-corrected chi connectivity index (χ3v) is 43.5. The molecule has 0 aromatic heterocycles. The van der Waals surface area contributed by atoms with Crippen molar-refractivity contribution in [1.82, 2.24) is 0 Å². The summed E-state index contributed by atoms with van der Waals surface area (Å²) in [7, 11) is 0. The Morgan fingerprint density at radius 1 is 0.173 bits per heavy atom. The summed E-state index contributed by atoms with van der Waals surface area (Å²) in [6, 6.07) is 26.2. The van der Waals surface area contributed by atoms with Gasteiger partial charge in [-0.05, 0) is 524 Å². The zero-order valence-corrected chi connectivity index (χ0v) is 97.6. The predicted octanol–water partition coefficient (Wildman–Crippen LogP) is 48.5. The Bertz CT molecular complexity index is 4610. The highest BCUT2D eigenvalue weighted by Gasteiger charge is 2.41. The van der Waals surface area contributed by atoms with Gasteiger partial charge >= 0.3 is 0 Å². The van der Waals surface area contributed by atoms with Crippen molar-refractivity contribution < 1.29 is 62.5 Å². The summed E-state index contributed by atoms with van der Waals surface area (Å²) in [6.07, 6.45) is 68.8. The quantitative estimate of drug-likeness (QED) is 0.0898. The van der Waals surface area contributed by atoms with E-state index in [-0.39, 0.29) is 53.7 Å². The lowest BCUT2D eigenvalue weighted by atomic mass is 9.68. The molecule has 0 saturated heterocycles. The van der Waals surface area contributed by atoms with Crippen LogP contribution in [-0.2, 0) is 6.42 Å². The van der Waals surface area contributed by atoms with Gasteiger partial charge in [-0.25, -0.2) is 43.9 Å². The number of benzene rings is 7. The Balaban J connectivity index is 0.000000939. The average molecular weight is 2180 g/mol. The molecule has 13 saturated carbocycles. The SMILES string of the molecule is Cc1ccc(C2CCC(C3CCC(C)CC3)CC2)c(Cl)c1F.Cc1ccc(C2CCC(C3CCC(C)CC3)CC2)c(Cl)c1F.Cc1ccc(C2CCC(C3CCC(C)CC3)CC2)c(F)c1Cl.Cc1ccc(C2CCC(C3CCC(C)CC3)CC2)c(F)c1Cl.Cc1ccc(C2CCC(C3CCC(C)CC3)CC2)c(F)c1F.Cc1ccc(C2CCC(C3CCC(C)CC3)CC2)c(F)c1F.Cc1ccc(CCC2CCC(C)CC2)c(F)c1F.[HH].[HH].[HH].[HH].[HH].[HH].[HH].[HH].[HH].[HH].[HH].[HH].[HH]. The molecule has 13 aliphatic rings. The minimum Gasteiger partial charge on any atom is -0.205 e. The van der Waals surface area contributed by atoms with Gasteiger partial charge in [0.2, 0.25) is 0 Å². The maximum Gasteiger partial charge on any atom is 0.162 e. The maximum absolute atomic E-state index is 14.4. The second kappa shape index (κ2) is 58.2. The summed E-state index contributed by atoms with van der Waals surface area (Å²) >= 11 is 24.7. The third kappa shape index (κ3) is 32.7. The van der Waals surface area contributed by atoms with E-state index in [1.807, 2.05) is 62.4 Å². The molecule has 13 aliphatic carbocycles. The summed E-state index contributed by atoms with van der Waals surface area (Å²) in [5.41, 5.74) is 9.74. The summed E-state index contributed by atoms with van der Waals surface area (Å²) in [6.45, 7) is 28.7. The highest BCUT2D eigenvalue weighted by Crippen LogP contribution is 2.54. The molecule has 0 amide bonds. The normalized spacial score (nSPS) is 31.9. The van der Waals surface area contributed by atoms with Crippen LogP contribution in [0.2, 0.25) is 20.1 Å². The van der Waals surface area contributed by atoms with E-state index in [0.29, 0.717) is 101 Å². The van der Waals surface area contributed by atoms with Crippen LogP contribution in [0.5, 0.6) is 0 Å². The fourth-order valence-electron chi connectivity index (χ4n) is 30.7. The Kier molecular flexibility index (Phi) is 46.7. The molecule has 858 valence electrons. The molecule has 0 bridgehead atoms. The van der Waals surface area contributed by atoms with E-state index in [1.165, 1.54) is 283 Å². The van der Waals surface area contributed by atoms with Crippen molar-refractivity contribution in [3.05, 3.63) is 241 Å². The van der Waals surface area contributed by atoms with E-state index in [4.69, 9.17) is 46.4 Å². The Labute approximate surface area is 941 Å². The van der Waals surface area contributed by atoms with E-state index in [2.05, 4.69) is 48.5 Å². The minimum atomic E-state index is -0.676. The molecular weight excluding hydrogens is 1970 g/mol. The minimum absolute atomic E-state index is 0. The summed E-state index contributed by atoms with van der Waals surface area (Å²) in [5.74, 6) is 15.3. The number of hydrogen-bond donors (Lipinski definition) is 0. The van der Waals surface area contributed by atoms with Crippen LogP contribution in [0, 0.1) is 225 Å². The number of rotatable bonds is 15. The molecule has 0 radical (unpaired) electrons. The molecule has 7 aromatic carbocycles. The van der Waals surface area contributed by atoms with Gasteiger partial charge in [0, 0.05) is 18.5 Å². The van der Waals surface area contributed by atoms with Crippen molar-refractivity contribution in [3.63, 3.8) is 0 Å². The highest BCUT2D eigenvalue weighted by molar-refractivity contribution is 6.32. The van der Waals surface area contributed by atoms with Crippen LogP contribution >= 0.6 is 46.4 Å². The topological polar surface area (TPSA) is 0 Å². The first-order valence-corrected chi connectivity index (χ1v) is 62.5. The van der Waals surface area contributed by atoms with Gasteiger partial charge in [-0.15, -0.1) is 0 Å². The van der Waals surface area contributed by atoms with Crippen LogP contribution in [0.25, 0.3) is 0 Å². The van der Waals surface area contributed by atoms with E-state index < -0.39 is 34.9 Å². The molecule has 0 unspecified atom stereocenters. The van der Waals surface area contributed by atoms with Gasteiger partial charge in [-0.2, -0.15) is 0 Å². The molecule has 150 heavy (non-hydrogen) atoms. The van der Waals surface area contributed by atoms with Gasteiger partial charge in [0.05, 0.1) is 20.1 Å². The van der Waals surface area contributed by atoms with Crippen molar-refractivity contribution in [2.75, 3.05) is 0 Å². The maximum atomic E-state index is 14.4. The van der Waals surface area contributed by atoms with Crippen molar-refractivity contribution in [1.29, 1.82) is 0 Å². The Hall–Kier alpha value is -5.00. The van der Waals surface area contributed by atoms with E-state index in [0.717, 1.165) is 204 Å². The molecule has 20 rings (SSSR count). The number of hydrogen-bond acceptors (Lipinski definition) is 0.